The van der Waals surface area contributed by atoms with Crippen LogP contribution in [0.4, 0.5) is 0 Å². The largest absolute Gasteiger partial charge is 0.391 e. The summed E-state index contributed by atoms with van der Waals surface area (Å²) in [4.78, 5) is 2.33. The molecule has 0 saturated carbocycles. The maximum Gasteiger partial charge on any atom is 0.0940 e. The first-order valence-electron chi connectivity index (χ1n) is 7.38. The van der Waals surface area contributed by atoms with Crippen LogP contribution in [0.1, 0.15) is 19.3 Å². The summed E-state index contributed by atoms with van der Waals surface area (Å²) in [6.45, 7) is 3.38. The van der Waals surface area contributed by atoms with E-state index in [-0.39, 0.29) is 11.7 Å². The molecule has 0 radical (unpaired) electrons. The first kappa shape index (κ1) is 14.1. The van der Waals surface area contributed by atoms with Crippen LogP contribution in [0.15, 0.2) is 0 Å². The molecular weight excluding hydrogens is 262 g/mol. The van der Waals surface area contributed by atoms with Gasteiger partial charge in [-0.1, -0.05) is 0 Å². The predicted molar refractivity (Wildman–Crippen MR) is 76.6 cm³/mol. The van der Waals surface area contributed by atoms with Crippen LogP contribution in [0.3, 0.4) is 0 Å². The molecule has 0 aliphatic carbocycles. The highest BCUT2D eigenvalue weighted by atomic mass is 32.2. The van der Waals surface area contributed by atoms with E-state index in [0.29, 0.717) is 18.6 Å². The average molecular weight is 287 g/mol. The number of ether oxygens (including phenoxy) is 2. The van der Waals surface area contributed by atoms with Crippen molar-refractivity contribution in [3.05, 3.63) is 0 Å². The van der Waals surface area contributed by atoms with Gasteiger partial charge in [0.05, 0.1) is 18.3 Å². The first-order chi connectivity index (χ1) is 9.20. The summed E-state index contributed by atoms with van der Waals surface area (Å²) in [6.07, 6.45) is 2.71. The molecule has 0 bridgehead atoms. The Labute approximate surface area is 119 Å². The summed E-state index contributed by atoms with van der Waals surface area (Å²) in [7, 11) is 2.14. The number of hydrogen-bond acceptors (Lipinski definition) is 5. The van der Waals surface area contributed by atoms with Crippen molar-refractivity contribution in [2.45, 2.75) is 37.0 Å². The van der Waals surface area contributed by atoms with Crippen LogP contribution in [0.2, 0.25) is 0 Å². The second-order valence-corrected chi connectivity index (χ2v) is 7.35. The van der Waals surface area contributed by atoms with Crippen molar-refractivity contribution in [3.8, 4) is 0 Å². The van der Waals surface area contributed by atoms with E-state index in [9.17, 15) is 5.11 Å². The van der Waals surface area contributed by atoms with E-state index < -0.39 is 0 Å². The molecule has 19 heavy (non-hydrogen) atoms. The third kappa shape index (κ3) is 2.95. The lowest BCUT2D eigenvalue weighted by Gasteiger charge is -2.43. The molecule has 4 atom stereocenters. The Morgan fingerprint density at radius 1 is 1.42 bits per heavy atom. The Balaban J connectivity index is 1.64. The lowest BCUT2D eigenvalue weighted by atomic mass is 9.80. The summed E-state index contributed by atoms with van der Waals surface area (Å²) >= 11 is 1.97. The van der Waals surface area contributed by atoms with Crippen molar-refractivity contribution in [1.82, 2.24) is 4.90 Å². The number of thioether (sulfide) groups is 1. The topological polar surface area (TPSA) is 41.9 Å². The Bertz CT molecular complexity index is 309. The van der Waals surface area contributed by atoms with Gasteiger partial charge in [0.1, 0.15) is 0 Å². The van der Waals surface area contributed by atoms with Gasteiger partial charge in [-0.3, -0.25) is 4.90 Å². The third-order valence-corrected chi connectivity index (χ3v) is 5.97. The molecule has 3 heterocycles. The van der Waals surface area contributed by atoms with E-state index in [1.807, 2.05) is 11.8 Å². The van der Waals surface area contributed by atoms with Crippen molar-refractivity contribution in [3.63, 3.8) is 0 Å². The summed E-state index contributed by atoms with van der Waals surface area (Å²) in [5.41, 5.74) is -0.0930. The van der Waals surface area contributed by atoms with Gasteiger partial charge in [0, 0.05) is 43.7 Å². The Hall–Kier alpha value is 0.190. The average Bonchev–Trinajstić information content (AvgIpc) is 2.86. The van der Waals surface area contributed by atoms with Crippen molar-refractivity contribution < 1.29 is 14.6 Å². The Morgan fingerprint density at radius 3 is 3.05 bits per heavy atom. The van der Waals surface area contributed by atoms with Crippen LogP contribution in [0, 0.1) is 5.92 Å². The van der Waals surface area contributed by atoms with Crippen LogP contribution >= 0.6 is 11.8 Å². The predicted octanol–water partition coefficient (Wildman–Crippen LogP) is 0.980. The van der Waals surface area contributed by atoms with Gasteiger partial charge in [-0.25, -0.2) is 0 Å². The highest BCUT2D eigenvalue weighted by Crippen LogP contribution is 2.38. The minimum absolute atomic E-state index is 0.0930. The second-order valence-electron chi connectivity index (χ2n) is 6.20. The number of hydrogen-bond donors (Lipinski definition) is 1. The minimum Gasteiger partial charge on any atom is -0.391 e. The van der Waals surface area contributed by atoms with Crippen molar-refractivity contribution in [2.75, 3.05) is 44.9 Å². The van der Waals surface area contributed by atoms with E-state index in [1.54, 1.807) is 0 Å². The number of nitrogens with zero attached hydrogens (tertiary/aromatic N) is 1. The summed E-state index contributed by atoms with van der Waals surface area (Å²) in [5, 5.41) is 10.8. The SMILES string of the molecule is CN1CCSCC1C(O)C1CCOC2(CCOC2)C1. The molecule has 4 unspecified atom stereocenters. The molecule has 3 aliphatic heterocycles. The first-order valence-corrected chi connectivity index (χ1v) is 8.53. The van der Waals surface area contributed by atoms with Gasteiger partial charge in [-0.15, -0.1) is 0 Å². The second kappa shape index (κ2) is 5.90. The fraction of sp³-hybridized carbons (Fsp3) is 1.00. The van der Waals surface area contributed by atoms with Crippen molar-refractivity contribution in [1.29, 1.82) is 0 Å². The van der Waals surface area contributed by atoms with E-state index >= 15 is 0 Å². The summed E-state index contributed by atoms with van der Waals surface area (Å²) < 4.78 is 11.5. The standard InChI is InChI=1S/C14H25NO3S/c1-15-4-7-19-9-12(15)13(16)11-2-5-18-14(8-11)3-6-17-10-14/h11-13,16H,2-10H2,1H3. The quantitative estimate of drug-likeness (QED) is 0.820. The number of rotatable bonds is 2. The van der Waals surface area contributed by atoms with Crippen LogP contribution in [-0.2, 0) is 9.47 Å². The van der Waals surface area contributed by atoms with Crippen molar-refractivity contribution in [2.24, 2.45) is 5.92 Å². The molecule has 0 aromatic carbocycles. The van der Waals surface area contributed by atoms with Gasteiger partial charge in [0.15, 0.2) is 0 Å². The van der Waals surface area contributed by atoms with Gasteiger partial charge in [0.2, 0.25) is 0 Å². The van der Waals surface area contributed by atoms with Gasteiger partial charge in [-0.2, -0.15) is 11.8 Å². The Morgan fingerprint density at radius 2 is 2.32 bits per heavy atom. The summed E-state index contributed by atoms with van der Waals surface area (Å²) in [5.74, 6) is 2.60. The lowest BCUT2D eigenvalue weighted by molar-refractivity contribution is -0.123. The molecule has 5 heteroatoms. The zero-order valence-corrected chi connectivity index (χ0v) is 12.5. The molecule has 1 spiro atoms. The smallest absolute Gasteiger partial charge is 0.0940 e. The molecule has 3 saturated heterocycles. The molecule has 1 N–H and O–H groups in total. The molecule has 4 nitrogen and oxygen atoms in total. The molecule has 3 rings (SSSR count). The highest BCUT2D eigenvalue weighted by molar-refractivity contribution is 7.99. The normalized spacial score (nSPS) is 42.6. The van der Waals surface area contributed by atoms with Crippen LogP contribution in [0.5, 0.6) is 0 Å². The number of likely N-dealkylation sites (N-methyl/N-ethyl adjacent to an activating group) is 1. The third-order valence-electron chi connectivity index (χ3n) is 4.92. The number of aliphatic hydroxyl groups is 1. The van der Waals surface area contributed by atoms with E-state index in [4.69, 9.17) is 9.47 Å². The van der Waals surface area contributed by atoms with Gasteiger partial charge >= 0.3 is 0 Å². The van der Waals surface area contributed by atoms with E-state index in [0.717, 1.165) is 44.8 Å². The number of aliphatic hydroxyl groups excluding tert-OH is 1. The van der Waals surface area contributed by atoms with Crippen molar-refractivity contribution >= 4 is 11.8 Å². The monoisotopic (exact) mass is 287 g/mol. The molecule has 3 fully saturated rings. The van der Waals surface area contributed by atoms with E-state index in [2.05, 4.69) is 11.9 Å². The minimum atomic E-state index is -0.223. The van der Waals surface area contributed by atoms with Crippen LogP contribution < -0.4 is 0 Å². The molecule has 3 aliphatic rings. The van der Waals surface area contributed by atoms with Gasteiger partial charge in [-0.05, 0) is 25.8 Å². The molecular formula is C14H25NO3S. The molecule has 0 amide bonds. The van der Waals surface area contributed by atoms with Crippen LogP contribution in [0.25, 0.3) is 0 Å². The van der Waals surface area contributed by atoms with Gasteiger partial charge < -0.3 is 14.6 Å². The highest BCUT2D eigenvalue weighted by Gasteiger charge is 2.44. The molecule has 0 aromatic heterocycles. The molecule has 0 aromatic rings. The lowest BCUT2D eigenvalue weighted by Crippen LogP contribution is -2.53. The fourth-order valence-corrected chi connectivity index (χ4v) is 4.88. The van der Waals surface area contributed by atoms with Gasteiger partial charge in [0.25, 0.3) is 0 Å². The summed E-state index contributed by atoms with van der Waals surface area (Å²) in [6, 6.07) is 0.307. The maximum absolute atomic E-state index is 10.8. The Kier molecular flexibility index (Phi) is 4.39. The van der Waals surface area contributed by atoms with E-state index in [1.165, 1.54) is 5.75 Å². The fourth-order valence-electron chi connectivity index (χ4n) is 3.60. The molecule has 110 valence electrons. The zero-order valence-electron chi connectivity index (χ0n) is 11.7. The van der Waals surface area contributed by atoms with Crippen LogP contribution in [-0.4, -0.2) is 72.7 Å². The zero-order chi connectivity index (χ0) is 13.3. The maximum atomic E-state index is 10.8.